The van der Waals surface area contributed by atoms with Crippen LogP contribution in [0.25, 0.3) is 11.1 Å². The molecule has 0 unspecified atom stereocenters. The Morgan fingerprint density at radius 3 is 2.64 bits per heavy atom. The maximum absolute atomic E-state index is 3.30. The van der Waals surface area contributed by atoms with Crippen LogP contribution < -0.4 is 0 Å². The Kier molecular flexibility index (Phi) is 2.69. The summed E-state index contributed by atoms with van der Waals surface area (Å²) in [4.78, 5) is 0. The van der Waals surface area contributed by atoms with Gasteiger partial charge in [-0.1, -0.05) is 35.4 Å². The smallest absolute Gasteiger partial charge is 0 e. The molecule has 3 rings (SSSR count). The van der Waals surface area contributed by atoms with Crippen molar-refractivity contribution in [2.75, 3.05) is 0 Å². The maximum atomic E-state index is 3.30. The van der Waals surface area contributed by atoms with E-state index in [0.717, 1.165) is 6.42 Å². The summed E-state index contributed by atoms with van der Waals surface area (Å²) in [5.74, 6) is 0. The molecule has 0 N–H and O–H groups in total. The zero-order valence-corrected chi connectivity index (χ0v) is 11.3. The first-order valence-electron chi connectivity index (χ1n) is 4.53. The average molecular weight is 344 g/mol. The van der Waals surface area contributed by atoms with Crippen molar-refractivity contribution in [3.05, 3.63) is 59.7 Å². The Morgan fingerprint density at radius 1 is 0.929 bits per heavy atom. The monoisotopic (exact) mass is 345 g/mol. The van der Waals surface area contributed by atoms with E-state index in [2.05, 4.69) is 42.5 Å². The fourth-order valence-corrected chi connectivity index (χ4v) is 2.00. The normalized spacial score (nSPS) is 11.4. The van der Waals surface area contributed by atoms with Crippen LogP contribution in [0.4, 0.5) is 0 Å². The van der Waals surface area contributed by atoms with Crippen molar-refractivity contribution >= 4 is 0 Å². The Morgan fingerprint density at radius 2 is 1.71 bits per heavy atom. The van der Waals surface area contributed by atoms with Crippen LogP contribution in [0.1, 0.15) is 11.1 Å². The molecule has 0 saturated heterocycles. The summed E-state index contributed by atoms with van der Waals surface area (Å²) in [5, 5.41) is 0. The van der Waals surface area contributed by atoms with Crippen molar-refractivity contribution in [1.29, 1.82) is 0 Å². The molecule has 0 spiro atoms. The van der Waals surface area contributed by atoms with Gasteiger partial charge in [-0.25, -0.2) is 0 Å². The molecule has 0 aliphatic heterocycles. The van der Waals surface area contributed by atoms with Gasteiger partial charge >= 0.3 is 0 Å². The number of hydrogen-bond acceptors (Lipinski definition) is 0. The van der Waals surface area contributed by atoms with Gasteiger partial charge in [0.1, 0.15) is 0 Å². The van der Waals surface area contributed by atoms with Gasteiger partial charge in [0.15, 0.2) is 0 Å². The van der Waals surface area contributed by atoms with Crippen molar-refractivity contribution in [3.8, 4) is 11.1 Å². The third-order valence-electron chi connectivity index (χ3n) is 2.62. The molecule has 1 heteroatoms. The molecule has 0 radical (unpaired) electrons. The molecule has 0 heterocycles. The standard InChI is InChI=1S/C13H9.Hf/c1-3-7-12-10(5-1)9-11-6-2-4-8-13(11)12;/h1-5,7-8H,9H2;/q-1;. The summed E-state index contributed by atoms with van der Waals surface area (Å²) >= 11 is 0. The minimum absolute atomic E-state index is 0. The van der Waals surface area contributed by atoms with E-state index >= 15 is 0 Å². The van der Waals surface area contributed by atoms with Gasteiger partial charge in [-0.05, 0) is 6.42 Å². The quantitative estimate of drug-likeness (QED) is 0.435. The van der Waals surface area contributed by atoms with Crippen molar-refractivity contribution in [3.63, 3.8) is 0 Å². The SMILES string of the molecule is [Hf].[c-]1cccc2c1Cc1ccccc1-2. The first-order chi connectivity index (χ1) is 6.45. The average Bonchev–Trinajstić information content (AvgIpc) is 2.56. The van der Waals surface area contributed by atoms with Gasteiger partial charge in [0, 0.05) is 25.8 Å². The summed E-state index contributed by atoms with van der Waals surface area (Å²) in [6.07, 6.45) is 1.05. The van der Waals surface area contributed by atoms with Crippen molar-refractivity contribution in [2.24, 2.45) is 0 Å². The number of benzene rings is 2. The van der Waals surface area contributed by atoms with Gasteiger partial charge in [0.25, 0.3) is 0 Å². The second-order valence-electron chi connectivity index (χ2n) is 3.40. The Balaban J connectivity index is 0.000000750. The third-order valence-corrected chi connectivity index (χ3v) is 2.62. The fourth-order valence-electron chi connectivity index (χ4n) is 2.00. The predicted molar refractivity (Wildman–Crippen MR) is 53.5 cm³/mol. The van der Waals surface area contributed by atoms with Crippen molar-refractivity contribution in [2.45, 2.75) is 6.42 Å². The van der Waals surface area contributed by atoms with Gasteiger partial charge in [-0.15, -0.1) is 5.56 Å². The van der Waals surface area contributed by atoms with Crippen molar-refractivity contribution < 1.29 is 25.8 Å². The second-order valence-corrected chi connectivity index (χ2v) is 3.40. The fraction of sp³-hybridized carbons (Fsp3) is 0.0769. The van der Waals surface area contributed by atoms with Crippen LogP contribution in [0.15, 0.2) is 42.5 Å². The molecular weight excluding hydrogens is 335 g/mol. The second kappa shape index (κ2) is 3.82. The number of fused-ring (bicyclic) bond motifs is 3. The molecule has 0 amide bonds. The summed E-state index contributed by atoms with van der Waals surface area (Å²) in [7, 11) is 0. The molecule has 0 fully saturated rings. The van der Waals surface area contributed by atoms with Crippen molar-refractivity contribution in [1.82, 2.24) is 0 Å². The van der Waals surface area contributed by atoms with Crippen LogP contribution in [0, 0.1) is 6.07 Å². The molecule has 2 aromatic carbocycles. The van der Waals surface area contributed by atoms with E-state index in [9.17, 15) is 0 Å². The van der Waals surface area contributed by atoms with E-state index in [1.54, 1.807) is 0 Å². The topological polar surface area (TPSA) is 0 Å². The third kappa shape index (κ3) is 1.40. The molecule has 0 bridgehead atoms. The molecule has 66 valence electrons. The van der Waals surface area contributed by atoms with Gasteiger partial charge in [-0.2, -0.15) is 29.8 Å². The van der Waals surface area contributed by atoms with Gasteiger partial charge in [0.2, 0.25) is 0 Å². The zero-order valence-electron chi connectivity index (χ0n) is 7.75. The minimum atomic E-state index is 0. The number of hydrogen-bond donors (Lipinski definition) is 0. The summed E-state index contributed by atoms with van der Waals surface area (Å²) in [6, 6.07) is 18.1. The van der Waals surface area contributed by atoms with E-state index in [1.807, 2.05) is 6.07 Å². The van der Waals surface area contributed by atoms with Crippen LogP contribution >= 0.6 is 0 Å². The van der Waals surface area contributed by atoms with Gasteiger partial charge < -0.3 is 0 Å². The molecule has 0 aromatic heterocycles. The van der Waals surface area contributed by atoms with Crippen LogP contribution in [-0.2, 0) is 32.3 Å². The zero-order chi connectivity index (χ0) is 8.67. The molecule has 1 aliphatic rings. The first-order valence-corrected chi connectivity index (χ1v) is 4.53. The Bertz CT molecular complexity index is 417. The summed E-state index contributed by atoms with van der Waals surface area (Å²) < 4.78 is 0. The molecule has 2 aromatic rings. The van der Waals surface area contributed by atoms with Gasteiger partial charge in [-0.3, -0.25) is 0 Å². The maximum Gasteiger partial charge on any atom is 0 e. The van der Waals surface area contributed by atoms with E-state index < -0.39 is 0 Å². The first kappa shape index (κ1) is 9.85. The van der Waals surface area contributed by atoms with Crippen LogP contribution in [0.3, 0.4) is 0 Å². The minimum Gasteiger partial charge on any atom is -0.179 e. The van der Waals surface area contributed by atoms with Gasteiger partial charge in [0.05, 0.1) is 0 Å². The Hall–Kier alpha value is -0.690. The van der Waals surface area contributed by atoms with Crippen LogP contribution in [0.2, 0.25) is 0 Å². The molecule has 1 aliphatic carbocycles. The molecule has 0 nitrogen and oxygen atoms in total. The Labute approximate surface area is 103 Å². The molecule has 0 atom stereocenters. The van der Waals surface area contributed by atoms with E-state index in [0.29, 0.717) is 0 Å². The summed E-state index contributed by atoms with van der Waals surface area (Å²) in [5.41, 5.74) is 5.51. The largest absolute Gasteiger partial charge is 0.179 e. The predicted octanol–water partition coefficient (Wildman–Crippen LogP) is 3.06. The van der Waals surface area contributed by atoms with Crippen LogP contribution in [0.5, 0.6) is 0 Å². The van der Waals surface area contributed by atoms with Crippen LogP contribution in [-0.4, -0.2) is 0 Å². The molecular formula is C13H9Hf-. The molecule has 14 heavy (non-hydrogen) atoms. The van der Waals surface area contributed by atoms with E-state index in [1.165, 1.54) is 22.3 Å². The van der Waals surface area contributed by atoms with E-state index in [-0.39, 0.29) is 25.8 Å². The molecule has 0 saturated carbocycles. The number of rotatable bonds is 0. The summed E-state index contributed by atoms with van der Waals surface area (Å²) in [6.45, 7) is 0. The van der Waals surface area contributed by atoms with E-state index in [4.69, 9.17) is 0 Å².